The summed E-state index contributed by atoms with van der Waals surface area (Å²) in [7, 11) is 3.69. The van der Waals surface area contributed by atoms with Crippen molar-refractivity contribution in [3.63, 3.8) is 0 Å². The highest BCUT2D eigenvalue weighted by molar-refractivity contribution is 5.92. The maximum absolute atomic E-state index is 12.8. The monoisotopic (exact) mass is 529 g/mol. The van der Waals surface area contributed by atoms with E-state index in [0.717, 1.165) is 28.0 Å². The molecule has 0 spiro atoms. The molecule has 204 valence electrons. The predicted octanol–water partition coefficient (Wildman–Crippen LogP) is 3.55. The number of carbonyl (C=O) groups is 2. The van der Waals surface area contributed by atoms with Crippen LogP contribution in [0.2, 0.25) is 0 Å². The summed E-state index contributed by atoms with van der Waals surface area (Å²) >= 11 is 0. The summed E-state index contributed by atoms with van der Waals surface area (Å²) in [5, 5.41) is 15.9. The zero-order chi connectivity index (χ0) is 27.4. The SMILES string of the molecule is CN(C)CC(=O)Nc1ccc2c(c1)[C@H]1C[C@H](CC(=O)NCc3ccc(-c4ccccc4)cc3)O[C@@H](CO)[C@H]1O2. The number of fused-ring (bicyclic) bond motifs is 3. The molecule has 2 amide bonds. The van der Waals surface area contributed by atoms with Crippen molar-refractivity contribution in [3.05, 3.63) is 83.9 Å². The van der Waals surface area contributed by atoms with Crippen molar-refractivity contribution < 1.29 is 24.2 Å². The zero-order valence-corrected chi connectivity index (χ0v) is 22.3. The number of likely N-dealkylation sites (N-methyl/N-ethyl adjacent to an activating group) is 1. The van der Waals surface area contributed by atoms with Gasteiger partial charge in [-0.2, -0.15) is 0 Å². The van der Waals surface area contributed by atoms with Crippen LogP contribution in [0.25, 0.3) is 11.1 Å². The van der Waals surface area contributed by atoms with Gasteiger partial charge < -0.3 is 30.1 Å². The molecule has 3 N–H and O–H groups in total. The van der Waals surface area contributed by atoms with Crippen LogP contribution in [0.15, 0.2) is 72.8 Å². The lowest BCUT2D eigenvalue weighted by Crippen LogP contribution is -2.47. The molecule has 1 fully saturated rings. The van der Waals surface area contributed by atoms with Gasteiger partial charge in [-0.1, -0.05) is 54.6 Å². The van der Waals surface area contributed by atoms with Gasteiger partial charge >= 0.3 is 0 Å². The normalized spacial score (nSPS) is 21.5. The molecule has 0 radical (unpaired) electrons. The molecule has 2 aliphatic rings. The van der Waals surface area contributed by atoms with Crippen LogP contribution in [0.5, 0.6) is 5.75 Å². The molecule has 8 nitrogen and oxygen atoms in total. The van der Waals surface area contributed by atoms with Crippen LogP contribution in [0.1, 0.15) is 29.9 Å². The second-order valence-corrected chi connectivity index (χ2v) is 10.5. The van der Waals surface area contributed by atoms with Crippen LogP contribution in [0.4, 0.5) is 5.69 Å². The molecule has 3 aromatic carbocycles. The van der Waals surface area contributed by atoms with Crippen molar-refractivity contribution in [2.24, 2.45) is 0 Å². The van der Waals surface area contributed by atoms with E-state index in [2.05, 4.69) is 34.9 Å². The minimum atomic E-state index is -0.536. The van der Waals surface area contributed by atoms with Gasteiger partial charge in [-0.3, -0.25) is 9.59 Å². The van der Waals surface area contributed by atoms with Crippen LogP contribution in [-0.4, -0.2) is 67.4 Å². The van der Waals surface area contributed by atoms with Crippen LogP contribution in [0.3, 0.4) is 0 Å². The van der Waals surface area contributed by atoms with Crippen molar-refractivity contribution in [2.45, 2.75) is 43.6 Å². The maximum Gasteiger partial charge on any atom is 0.238 e. The van der Waals surface area contributed by atoms with Crippen LogP contribution in [-0.2, 0) is 20.9 Å². The maximum atomic E-state index is 12.8. The lowest BCUT2D eigenvalue weighted by Gasteiger charge is -2.37. The molecule has 0 unspecified atom stereocenters. The first kappa shape index (κ1) is 26.9. The molecule has 3 aromatic rings. The van der Waals surface area contributed by atoms with Gasteiger partial charge in [-0.25, -0.2) is 0 Å². The number of benzene rings is 3. The fourth-order valence-electron chi connectivity index (χ4n) is 5.38. The summed E-state index contributed by atoms with van der Waals surface area (Å²) in [5.41, 5.74) is 4.96. The molecular weight excluding hydrogens is 494 g/mol. The van der Waals surface area contributed by atoms with Gasteiger partial charge in [0.1, 0.15) is 18.0 Å². The Bertz CT molecular complexity index is 1300. The fraction of sp³-hybridized carbons (Fsp3) is 0.355. The molecule has 1 saturated heterocycles. The molecule has 4 atom stereocenters. The third kappa shape index (κ3) is 6.47. The molecule has 0 aromatic heterocycles. The number of amides is 2. The van der Waals surface area contributed by atoms with Crippen molar-refractivity contribution in [2.75, 3.05) is 32.6 Å². The minimum absolute atomic E-state index is 0.0417. The summed E-state index contributed by atoms with van der Waals surface area (Å²) in [6.45, 7) is 0.514. The first-order valence-corrected chi connectivity index (χ1v) is 13.3. The number of rotatable bonds is 9. The first-order valence-electron chi connectivity index (χ1n) is 13.3. The van der Waals surface area contributed by atoms with Gasteiger partial charge in [-0.05, 0) is 55.4 Å². The largest absolute Gasteiger partial charge is 0.487 e. The quantitative estimate of drug-likeness (QED) is 0.392. The summed E-state index contributed by atoms with van der Waals surface area (Å²) in [4.78, 5) is 26.9. The number of aliphatic hydroxyl groups is 1. The van der Waals surface area contributed by atoms with E-state index in [4.69, 9.17) is 9.47 Å². The number of anilines is 1. The highest BCUT2D eigenvalue weighted by Crippen LogP contribution is 2.47. The van der Waals surface area contributed by atoms with Gasteiger partial charge in [0.2, 0.25) is 11.8 Å². The van der Waals surface area contributed by atoms with Gasteiger partial charge in [0.05, 0.1) is 25.7 Å². The van der Waals surface area contributed by atoms with E-state index in [1.165, 1.54) is 0 Å². The molecule has 0 saturated carbocycles. The molecule has 2 heterocycles. The Morgan fingerprint density at radius 1 is 0.974 bits per heavy atom. The van der Waals surface area contributed by atoms with E-state index < -0.39 is 6.10 Å². The fourth-order valence-corrected chi connectivity index (χ4v) is 5.38. The van der Waals surface area contributed by atoms with Gasteiger partial charge in [0.25, 0.3) is 0 Å². The number of nitrogens with zero attached hydrogens (tertiary/aromatic N) is 1. The number of ether oxygens (including phenoxy) is 2. The third-order valence-electron chi connectivity index (χ3n) is 7.21. The van der Waals surface area contributed by atoms with Crippen LogP contribution in [0, 0.1) is 0 Å². The van der Waals surface area contributed by atoms with E-state index in [-0.39, 0.29) is 49.5 Å². The predicted molar refractivity (Wildman–Crippen MR) is 149 cm³/mol. The molecule has 39 heavy (non-hydrogen) atoms. The van der Waals surface area contributed by atoms with Crippen LogP contribution >= 0.6 is 0 Å². The summed E-state index contributed by atoms with van der Waals surface area (Å²) in [6.07, 6.45) is -0.449. The second-order valence-electron chi connectivity index (χ2n) is 10.5. The third-order valence-corrected chi connectivity index (χ3v) is 7.21. The molecule has 0 bridgehead atoms. The van der Waals surface area contributed by atoms with Gasteiger partial charge in [-0.15, -0.1) is 0 Å². The Labute approximate surface area is 228 Å². The van der Waals surface area contributed by atoms with Gasteiger partial charge in [0.15, 0.2) is 0 Å². The van der Waals surface area contributed by atoms with Crippen molar-refractivity contribution in [1.29, 1.82) is 0 Å². The molecule has 0 aliphatic carbocycles. The molecule has 8 heteroatoms. The summed E-state index contributed by atoms with van der Waals surface area (Å²) in [6, 6.07) is 23.9. The van der Waals surface area contributed by atoms with E-state index in [0.29, 0.717) is 18.7 Å². The van der Waals surface area contributed by atoms with Crippen molar-refractivity contribution >= 4 is 17.5 Å². The Kier molecular flexibility index (Phi) is 8.26. The van der Waals surface area contributed by atoms with E-state index in [1.54, 1.807) is 0 Å². The van der Waals surface area contributed by atoms with Crippen molar-refractivity contribution in [3.8, 4) is 16.9 Å². The number of nitrogens with one attached hydrogen (secondary N) is 2. The number of aliphatic hydroxyl groups excluding tert-OH is 1. The molecular formula is C31H35N3O5. The van der Waals surface area contributed by atoms with E-state index in [9.17, 15) is 14.7 Å². The topological polar surface area (TPSA) is 100 Å². The smallest absolute Gasteiger partial charge is 0.238 e. The van der Waals surface area contributed by atoms with E-state index in [1.807, 2.05) is 67.5 Å². The Morgan fingerprint density at radius 2 is 1.72 bits per heavy atom. The summed E-state index contributed by atoms with van der Waals surface area (Å²) in [5.74, 6) is 0.479. The standard InChI is InChI=1S/C31H35N3O5/c1-34(2)18-30(37)33-23-12-13-27-25(14-23)26-15-24(38-28(19-35)31(26)39-27)16-29(36)32-17-20-8-10-22(11-9-20)21-6-4-3-5-7-21/h3-14,24,26,28,31,35H,15-19H2,1-2H3,(H,32,36)(H,33,37)/t24-,26-,28+,31+/m1/s1. The average molecular weight is 530 g/mol. The Hall–Kier alpha value is -3.72. The first-order chi connectivity index (χ1) is 18.9. The second kappa shape index (κ2) is 12.0. The number of carbonyl (C=O) groups excluding carboxylic acids is 2. The van der Waals surface area contributed by atoms with E-state index >= 15 is 0 Å². The number of hydrogen-bond donors (Lipinski definition) is 3. The van der Waals surface area contributed by atoms with Crippen molar-refractivity contribution in [1.82, 2.24) is 10.2 Å². The zero-order valence-electron chi connectivity index (χ0n) is 22.3. The highest BCUT2D eigenvalue weighted by Gasteiger charge is 2.46. The minimum Gasteiger partial charge on any atom is -0.487 e. The summed E-state index contributed by atoms with van der Waals surface area (Å²) < 4.78 is 12.2. The molecule has 5 rings (SSSR count). The molecule has 2 aliphatic heterocycles. The Balaban J connectivity index is 1.19. The Morgan fingerprint density at radius 3 is 2.44 bits per heavy atom. The lowest BCUT2D eigenvalue weighted by molar-refractivity contribution is -0.142. The average Bonchev–Trinajstić information content (AvgIpc) is 3.29. The lowest BCUT2D eigenvalue weighted by atomic mass is 9.84. The van der Waals surface area contributed by atoms with Crippen LogP contribution < -0.4 is 15.4 Å². The highest BCUT2D eigenvalue weighted by atomic mass is 16.6. The number of hydrogen-bond acceptors (Lipinski definition) is 6. The van der Waals surface area contributed by atoms with Gasteiger partial charge in [0, 0.05) is 23.7 Å².